The van der Waals surface area contributed by atoms with Gasteiger partial charge in [0.25, 0.3) is 0 Å². The van der Waals surface area contributed by atoms with Crippen molar-refractivity contribution < 1.29 is 0 Å². The van der Waals surface area contributed by atoms with Gasteiger partial charge in [0.05, 0.1) is 0 Å². The minimum Gasteiger partial charge on any atom is -0.173 e. The normalized spacial score (nSPS) is 13.1. The van der Waals surface area contributed by atoms with E-state index >= 15 is 0 Å². The highest BCUT2D eigenvalue weighted by Crippen LogP contribution is 2.33. The third kappa shape index (κ3) is 23.3. The monoisotopic (exact) mass is 454 g/mol. The largest absolute Gasteiger partial charge is 0.173 e. The first kappa shape index (κ1) is 31.4. The molecule has 0 spiro atoms. The van der Waals surface area contributed by atoms with E-state index in [2.05, 4.69) is 27.7 Å². The number of hydrogen-bond donors (Lipinski definition) is 1. The lowest BCUT2D eigenvalue weighted by molar-refractivity contribution is 0.342. The molecule has 0 aromatic heterocycles. The molecule has 0 aliphatic carbocycles. The predicted molar refractivity (Wildman–Crippen MR) is 149 cm³/mol. The van der Waals surface area contributed by atoms with Crippen molar-refractivity contribution in [2.75, 3.05) is 0 Å². The zero-order valence-electron chi connectivity index (χ0n) is 22.5. The number of rotatable bonds is 25. The van der Waals surface area contributed by atoms with Gasteiger partial charge in [-0.1, -0.05) is 169 Å². The van der Waals surface area contributed by atoms with E-state index < -0.39 is 0 Å². The highest BCUT2D eigenvalue weighted by atomic mass is 32.1. The van der Waals surface area contributed by atoms with Crippen LogP contribution >= 0.6 is 12.6 Å². The highest BCUT2D eigenvalue weighted by molar-refractivity contribution is 7.81. The molecule has 1 atom stereocenters. The lowest BCUT2D eigenvalue weighted by Crippen LogP contribution is -2.24. The van der Waals surface area contributed by atoms with Crippen LogP contribution in [0.2, 0.25) is 0 Å². The van der Waals surface area contributed by atoms with Crippen LogP contribution in [-0.2, 0) is 0 Å². The van der Waals surface area contributed by atoms with E-state index in [0.29, 0.717) is 0 Å². The Kier molecular flexibility index (Phi) is 23.8. The first-order valence-electron chi connectivity index (χ1n) is 14.7. The Labute approximate surface area is 204 Å². The summed E-state index contributed by atoms with van der Waals surface area (Å²) in [6.07, 6.45) is 34.6. The van der Waals surface area contributed by atoms with E-state index in [1.54, 1.807) is 0 Å². The van der Waals surface area contributed by atoms with Gasteiger partial charge in [-0.3, -0.25) is 0 Å². The summed E-state index contributed by atoms with van der Waals surface area (Å²) in [4.78, 5) is 0. The number of thiol groups is 1. The molecule has 0 amide bonds. The van der Waals surface area contributed by atoms with Gasteiger partial charge >= 0.3 is 0 Å². The Morgan fingerprint density at radius 2 is 0.645 bits per heavy atom. The second-order valence-electron chi connectivity index (χ2n) is 11.0. The molecule has 0 radical (unpaired) electrons. The van der Waals surface area contributed by atoms with Gasteiger partial charge in [0.2, 0.25) is 0 Å². The van der Waals surface area contributed by atoms with Gasteiger partial charge in [0.1, 0.15) is 0 Å². The molecule has 31 heavy (non-hydrogen) atoms. The summed E-state index contributed by atoms with van der Waals surface area (Å²) in [5, 5.41) is 0. The topological polar surface area (TPSA) is 0 Å². The van der Waals surface area contributed by atoms with Crippen LogP contribution in [0.3, 0.4) is 0 Å². The van der Waals surface area contributed by atoms with Gasteiger partial charge in [-0.15, -0.1) is 0 Å². The van der Waals surface area contributed by atoms with Crippen molar-refractivity contribution in [2.24, 2.45) is 5.92 Å². The van der Waals surface area contributed by atoms with E-state index in [-0.39, 0.29) is 4.75 Å². The Morgan fingerprint density at radius 3 is 0.871 bits per heavy atom. The Morgan fingerprint density at radius 1 is 0.419 bits per heavy atom. The fourth-order valence-corrected chi connectivity index (χ4v) is 5.22. The second-order valence-corrected chi connectivity index (χ2v) is 12.2. The average Bonchev–Trinajstić information content (AvgIpc) is 2.73. The summed E-state index contributed by atoms with van der Waals surface area (Å²) >= 11 is 4.95. The molecule has 0 fully saturated rings. The van der Waals surface area contributed by atoms with Crippen molar-refractivity contribution in [3.05, 3.63) is 0 Å². The van der Waals surface area contributed by atoms with Crippen LogP contribution < -0.4 is 0 Å². The maximum Gasteiger partial charge on any atom is 0.0101 e. The molecule has 1 heteroatoms. The summed E-state index contributed by atoms with van der Waals surface area (Å²) in [5.41, 5.74) is 0. The third-order valence-electron chi connectivity index (χ3n) is 7.31. The summed E-state index contributed by atoms with van der Waals surface area (Å²) in [6, 6.07) is 0. The molecule has 0 aliphatic heterocycles. The number of hydrogen-bond acceptors (Lipinski definition) is 1. The molecule has 1 unspecified atom stereocenters. The van der Waals surface area contributed by atoms with Crippen LogP contribution in [0.5, 0.6) is 0 Å². The fourth-order valence-electron chi connectivity index (χ4n) is 4.96. The van der Waals surface area contributed by atoms with Crippen LogP contribution in [0.1, 0.15) is 182 Å². The van der Waals surface area contributed by atoms with Gasteiger partial charge in [0.15, 0.2) is 0 Å². The first-order chi connectivity index (χ1) is 15.0. The van der Waals surface area contributed by atoms with E-state index in [1.165, 1.54) is 154 Å². The maximum absolute atomic E-state index is 4.95. The molecule has 188 valence electrons. The minimum atomic E-state index is 0.192. The number of unbranched alkanes of at least 4 members (excludes halogenated alkanes) is 20. The van der Waals surface area contributed by atoms with Crippen LogP contribution in [0.25, 0.3) is 0 Å². The third-order valence-corrected chi connectivity index (χ3v) is 7.68. The Hall–Kier alpha value is 0.350. The Balaban J connectivity index is 3.54. The first-order valence-corrected chi connectivity index (χ1v) is 15.2. The summed E-state index contributed by atoms with van der Waals surface area (Å²) < 4.78 is 0.192. The fraction of sp³-hybridized carbons (Fsp3) is 1.00. The molecular weight excluding hydrogens is 392 g/mol. The van der Waals surface area contributed by atoms with Gasteiger partial charge in [-0.25, -0.2) is 0 Å². The van der Waals surface area contributed by atoms with Gasteiger partial charge in [-0.05, 0) is 18.8 Å². The SMILES string of the molecule is CCCCCCCCCCCCCCCCC(CCCCCCCCCC)C(C)(C)S. The standard InChI is InChI=1S/C30H62S/c1-5-7-9-11-13-15-16-17-18-19-20-22-24-26-28-29(30(3,4)31)27-25-23-21-14-12-10-8-6-2/h29,31H,5-28H2,1-4H3. The molecule has 0 aromatic carbocycles. The zero-order valence-corrected chi connectivity index (χ0v) is 23.4. The van der Waals surface area contributed by atoms with Gasteiger partial charge < -0.3 is 0 Å². The van der Waals surface area contributed by atoms with Crippen LogP contribution in [0.15, 0.2) is 0 Å². The predicted octanol–water partition coefficient (Wildman–Crippen LogP) is 11.7. The molecule has 0 saturated heterocycles. The molecule has 0 saturated carbocycles. The van der Waals surface area contributed by atoms with Crippen LogP contribution in [0, 0.1) is 5.92 Å². The van der Waals surface area contributed by atoms with Crippen molar-refractivity contribution in [3.63, 3.8) is 0 Å². The summed E-state index contributed by atoms with van der Waals surface area (Å²) in [5.74, 6) is 0.799. The molecule has 0 rings (SSSR count). The molecule has 0 heterocycles. The maximum atomic E-state index is 4.95. The van der Waals surface area contributed by atoms with E-state index in [0.717, 1.165) is 5.92 Å². The summed E-state index contributed by atoms with van der Waals surface area (Å²) in [6.45, 7) is 9.29. The van der Waals surface area contributed by atoms with E-state index in [9.17, 15) is 0 Å². The molecule has 0 aromatic rings. The molecule has 0 nitrogen and oxygen atoms in total. The van der Waals surface area contributed by atoms with E-state index in [4.69, 9.17) is 12.6 Å². The minimum absolute atomic E-state index is 0.192. The van der Waals surface area contributed by atoms with Crippen molar-refractivity contribution >= 4 is 12.6 Å². The van der Waals surface area contributed by atoms with Crippen LogP contribution in [0.4, 0.5) is 0 Å². The molecule has 0 bridgehead atoms. The average molecular weight is 455 g/mol. The molecule has 0 N–H and O–H groups in total. The quantitative estimate of drug-likeness (QED) is 0.103. The zero-order chi connectivity index (χ0) is 23.0. The van der Waals surface area contributed by atoms with Crippen LogP contribution in [-0.4, -0.2) is 4.75 Å². The lowest BCUT2D eigenvalue weighted by atomic mass is 9.85. The molecule has 0 aliphatic rings. The van der Waals surface area contributed by atoms with Crippen molar-refractivity contribution in [1.82, 2.24) is 0 Å². The van der Waals surface area contributed by atoms with Gasteiger partial charge in [0, 0.05) is 4.75 Å². The highest BCUT2D eigenvalue weighted by Gasteiger charge is 2.24. The lowest BCUT2D eigenvalue weighted by Gasteiger charge is -2.30. The smallest absolute Gasteiger partial charge is 0.0101 e. The molecular formula is C30H62S. The second kappa shape index (κ2) is 23.5. The Bertz CT molecular complexity index is 330. The van der Waals surface area contributed by atoms with E-state index in [1.807, 2.05) is 0 Å². The summed E-state index contributed by atoms with van der Waals surface area (Å²) in [7, 11) is 0. The van der Waals surface area contributed by atoms with Crippen molar-refractivity contribution in [3.8, 4) is 0 Å². The van der Waals surface area contributed by atoms with Crippen molar-refractivity contribution in [1.29, 1.82) is 0 Å². The van der Waals surface area contributed by atoms with Crippen molar-refractivity contribution in [2.45, 2.75) is 187 Å². The van der Waals surface area contributed by atoms with Gasteiger partial charge in [-0.2, -0.15) is 12.6 Å².